The Labute approximate surface area is 242 Å². The molecule has 0 aromatic heterocycles. The van der Waals surface area contributed by atoms with Crippen molar-refractivity contribution in [3.63, 3.8) is 0 Å². The lowest BCUT2D eigenvalue weighted by molar-refractivity contribution is -0.373. The third kappa shape index (κ3) is 7.04. The van der Waals surface area contributed by atoms with Crippen LogP contribution in [0.2, 0.25) is 0 Å². The molecule has 16 N–H and O–H groups in total. The highest BCUT2D eigenvalue weighted by atomic mass is 16.8. The highest BCUT2D eigenvalue weighted by Crippen LogP contribution is 2.35. The second kappa shape index (κ2) is 14.3. The Bertz CT molecular complexity index is 881. The first-order valence-electron chi connectivity index (χ1n) is 14.1. The zero-order chi connectivity index (χ0) is 30.9. The maximum Gasteiger partial charge on any atom is 0.250 e. The number of carbonyl (C=O) groups is 1. The second-order valence-electron chi connectivity index (χ2n) is 11.4. The number of carbonyl (C=O) groups excluding carboxylic acids is 1. The van der Waals surface area contributed by atoms with Crippen molar-refractivity contribution in [2.45, 2.75) is 123 Å². The lowest BCUT2D eigenvalue weighted by Crippen LogP contribution is -2.70. The summed E-state index contributed by atoms with van der Waals surface area (Å²) in [6, 6.07) is -3.75. The van der Waals surface area contributed by atoms with Crippen LogP contribution < -0.4 is 33.6 Å². The summed E-state index contributed by atoms with van der Waals surface area (Å²) >= 11 is 0. The summed E-state index contributed by atoms with van der Waals surface area (Å²) in [5, 5.41) is 67.9. The molecular weight excluding hydrogens is 564 g/mol. The summed E-state index contributed by atoms with van der Waals surface area (Å²) in [7, 11) is 1.54. The van der Waals surface area contributed by atoms with Crippen LogP contribution in [-0.2, 0) is 28.5 Å². The van der Waals surface area contributed by atoms with E-state index >= 15 is 0 Å². The summed E-state index contributed by atoms with van der Waals surface area (Å²) in [5.41, 5.74) is 23.7. The molecule has 0 radical (unpaired) electrons. The Morgan fingerprint density at radius 1 is 0.905 bits per heavy atom. The number of rotatable bonds is 9. The molecule has 4 rings (SSSR count). The van der Waals surface area contributed by atoms with Crippen molar-refractivity contribution >= 4 is 5.91 Å². The van der Waals surface area contributed by atoms with Crippen LogP contribution in [0.15, 0.2) is 0 Å². The van der Waals surface area contributed by atoms with Crippen molar-refractivity contribution in [1.82, 2.24) is 10.6 Å². The van der Waals surface area contributed by atoms with Crippen LogP contribution in [0.4, 0.5) is 0 Å². The molecule has 0 aromatic carbocycles. The summed E-state index contributed by atoms with van der Waals surface area (Å²) < 4.78 is 29.6. The molecule has 3 aliphatic heterocycles. The van der Waals surface area contributed by atoms with Gasteiger partial charge in [-0.1, -0.05) is 0 Å². The monoisotopic (exact) mass is 610 g/mol. The molecule has 1 saturated carbocycles. The highest BCUT2D eigenvalue weighted by Gasteiger charge is 2.54. The van der Waals surface area contributed by atoms with Gasteiger partial charge in [0.1, 0.15) is 42.7 Å². The fourth-order valence-corrected chi connectivity index (χ4v) is 6.00. The summed E-state index contributed by atoms with van der Waals surface area (Å²) in [6.45, 7) is -1.06. The number of hydrogen-bond acceptors (Lipinski definition) is 17. The number of amides is 1. The Hall–Kier alpha value is -1.17. The van der Waals surface area contributed by atoms with Gasteiger partial charge in [0.25, 0.3) is 5.91 Å². The van der Waals surface area contributed by atoms with Crippen molar-refractivity contribution in [3.05, 3.63) is 0 Å². The molecule has 3 heterocycles. The molecule has 17 atom stereocenters. The lowest BCUT2D eigenvalue weighted by Gasteiger charge is -2.51. The van der Waals surface area contributed by atoms with Gasteiger partial charge in [-0.2, -0.15) is 0 Å². The van der Waals surface area contributed by atoms with Crippen LogP contribution in [0.3, 0.4) is 0 Å². The van der Waals surface area contributed by atoms with Crippen molar-refractivity contribution in [3.8, 4) is 0 Å². The molecule has 0 aromatic rings. The molecule has 1 aliphatic carbocycles. The Balaban J connectivity index is 1.41. The van der Waals surface area contributed by atoms with Gasteiger partial charge in [0, 0.05) is 18.6 Å². The van der Waals surface area contributed by atoms with Gasteiger partial charge in [-0.25, -0.2) is 0 Å². The van der Waals surface area contributed by atoms with Crippen LogP contribution in [0, 0.1) is 0 Å². The number of nitrogens with one attached hydrogen (secondary N) is 2. The minimum absolute atomic E-state index is 0.161. The smallest absolute Gasteiger partial charge is 0.250 e. The third-order valence-corrected chi connectivity index (χ3v) is 8.35. The molecule has 42 heavy (non-hydrogen) atoms. The van der Waals surface area contributed by atoms with E-state index < -0.39 is 110 Å². The quantitative estimate of drug-likeness (QED) is 0.115. The molecule has 4 aliphatic rings. The van der Waals surface area contributed by atoms with Crippen molar-refractivity contribution in [1.29, 1.82) is 0 Å². The first kappa shape index (κ1) is 33.7. The molecule has 0 bridgehead atoms. The van der Waals surface area contributed by atoms with E-state index in [1.54, 1.807) is 0 Å². The number of hydrogen-bond donors (Lipinski definition) is 12. The van der Waals surface area contributed by atoms with Gasteiger partial charge in [-0.3, -0.25) is 4.79 Å². The van der Waals surface area contributed by atoms with E-state index in [9.17, 15) is 35.4 Å². The predicted molar refractivity (Wildman–Crippen MR) is 141 cm³/mol. The van der Waals surface area contributed by atoms with Crippen LogP contribution in [0.25, 0.3) is 0 Å². The molecule has 1 amide bonds. The van der Waals surface area contributed by atoms with Crippen molar-refractivity contribution in [2.75, 3.05) is 20.2 Å². The Morgan fingerprint density at radius 2 is 1.62 bits per heavy atom. The summed E-state index contributed by atoms with van der Waals surface area (Å²) in [5.74, 6) is -0.922. The first-order valence-corrected chi connectivity index (χ1v) is 14.1. The maximum atomic E-state index is 12.1. The molecule has 4 fully saturated rings. The molecular formula is C24H46N6O12. The molecule has 0 spiro atoms. The van der Waals surface area contributed by atoms with Crippen LogP contribution in [0.5, 0.6) is 0 Å². The molecule has 18 nitrogen and oxygen atoms in total. The minimum Gasteiger partial charge on any atom is -0.394 e. The van der Waals surface area contributed by atoms with Gasteiger partial charge < -0.3 is 87.9 Å². The van der Waals surface area contributed by atoms with Crippen LogP contribution in [-0.4, -0.2) is 161 Å². The molecule has 3 saturated heterocycles. The lowest BCUT2D eigenvalue weighted by atomic mass is 9.86. The number of aliphatic hydroxyl groups excluding tert-OH is 6. The van der Waals surface area contributed by atoms with Gasteiger partial charge in [0.2, 0.25) is 0 Å². The largest absolute Gasteiger partial charge is 0.394 e. The van der Waals surface area contributed by atoms with E-state index in [1.165, 1.54) is 7.05 Å². The van der Waals surface area contributed by atoms with E-state index in [4.69, 9.17) is 46.6 Å². The first-order chi connectivity index (χ1) is 19.9. The normalized spacial score (nSPS) is 48.7. The van der Waals surface area contributed by atoms with Crippen molar-refractivity contribution in [2.24, 2.45) is 22.9 Å². The molecule has 18 heteroatoms. The van der Waals surface area contributed by atoms with E-state index in [0.29, 0.717) is 12.8 Å². The fraction of sp³-hybridized carbons (Fsp3) is 0.958. The average Bonchev–Trinajstić information content (AvgIpc) is 2.94. The standard InChI is InChI=1S/C24H46N6O12/c1-29-15-17(35)20-12(4-9(28)22(41-20)40-19-8(27)2-7(26)3-10(19)32)38-23(15)42-24-18(36)16(34)14(13(6-31)39-24)30-21(37)11(33)5-25/h7-20,22-24,29,31-36H,2-6,25-28H2,1H3,(H,30,37)/t7-,8?,9?,10-,11+,12+,13?,14-,15?,16+,17?,18?,19-,20?,22+,23?,24-/m1/s1. The number of likely N-dealkylation sites (N-methyl/N-ethyl adjacent to an activating group) is 1. The van der Waals surface area contributed by atoms with Gasteiger partial charge in [-0.15, -0.1) is 0 Å². The fourth-order valence-electron chi connectivity index (χ4n) is 6.00. The topological polar surface area (TPSA) is 313 Å². The number of aliphatic hydroxyl groups is 6. The van der Waals surface area contributed by atoms with E-state index in [2.05, 4.69) is 10.6 Å². The second-order valence-corrected chi connectivity index (χ2v) is 11.4. The van der Waals surface area contributed by atoms with E-state index in [-0.39, 0.29) is 19.0 Å². The zero-order valence-corrected chi connectivity index (χ0v) is 23.3. The Kier molecular flexibility index (Phi) is 11.5. The number of ether oxygens (including phenoxy) is 5. The highest BCUT2D eigenvalue weighted by molar-refractivity contribution is 5.81. The van der Waals surface area contributed by atoms with E-state index in [1.807, 2.05) is 0 Å². The molecule has 244 valence electrons. The maximum absolute atomic E-state index is 12.1. The van der Waals surface area contributed by atoms with Gasteiger partial charge in [0.05, 0.1) is 36.9 Å². The zero-order valence-electron chi connectivity index (χ0n) is 23.3. The molecule has 8 unspecified atom stereocenters. The third-order valence-electron chi connectivity index (χ3n) is 8.35. The Morgan fingerprint density at radius 3 is 2.24 bits per heavy atom. The number of nitrogens with two attached hydrogens (primary N) is 4. The average molecular weight is 611 g/mol. The van der Waals surface area contributed by atoms with Crippen LogP contribution >= 0.6 is 0 Å². The predicted octanol–water partition coefficient (Wildman–Crippen LogP) is -7.44. The number of fused-ring (bicyclic) bond motifs is 1. The van der Waals surface area contributed by atoms with Crippen LogP contribution in [0.1, 0.15) is 19.3 Å². The summed E-state index contributed by atoms with van der Waals surface area (Å²) in [4.78, 5) is 12.1. The van der Waals surface area contributed by atoms with E-state index in [0.717, 1.165) is 0 Å². The summed E-state index contributed by atoms with van der Waals surface area (Å²) in [6.07, 6.45) is -13.7. The van der Waals surface area contributed by atoms with Gasteiger partial charge >= 0.3 is 0 Å². The van der Waals surface area contributed by atoms with Crippen molar-refractivity contribution < 1.29 is 59.1 Å². The minimum atomic E-state index is -1.73. The van der Waals surface area contributed by atoms with Gasteiger partial charge in [0.15, 0.2) is 18.9 Å². The SMILES string of the molecule is CNC1C(O[C@H]2OC(CO)[C@@H](NC(=O)[C@@H](O)CN)[C@H](O)C2O)O[C@H]2CC(N)[C@@H](O[C@@H]3C(N)C[C@@H](N)C[C@H]3O)OC2C1O. The van der Waals surface area contributed by atoms with Gasteiger partial charge in [-0.05, 0) is 26.3 Å².